The summed E-state index contributed by atoms with van der Waals surface area (Å²) in [6.07, 6.45) is 3.52. The van der Waals surface area contributed by atoms with Crippen LogP contribution in [0, 0.1) is 5.92 Å². The Balaban J connectivity index is 1.92. The summed E-state index contributed by atoms with van der Waals surface area (Å²) in [5.74, 6) is -0.201. The highest BCUT2D eigenvalue weighted by Gasteiger charge is 2.21. The van der Waals surface area contributed by atoms with Crippen LogP contribution in [0.1, 0.15) is 43.9 Å². The molecule has 0 bridgehead atoms. The van der Waals surface area contributed by atoms with Crippen LogP contribution >= 0.6 is 0 Å². The summed E-state index contributed by atoms with van der Waals surface area (Å²) in [4.78, 5) is 11.6. The molecule has 19 heavy (non-hydrogen) atoms. The molecular weight excluding hydrogens is 238 g/mol. The third-order valence-corrected chi connectivity index (χ3v) is 3.73. The zero-order valence-corrected chi connectivity index (χ0v) is 11.8. The number of hydrogen-bond donors (Lipinski definition) is 1. The van der Waals surface area contributed by atoms with Crippen molar-refractivity contribution in [3.05, 3.63) is 35.4 Å². The first-order valence-electron chi connectivity index (χ1n) is 7.20. The van der Waals surface area contributed by atoms with E-state index in [-0.39, 0.29) is 11.9 Å². The van der Waals surface area contributed by atoms with Crippen LogP contribution < -0.4 is 5.32 Å². The number of nitrogens with one attached hydrogen (secondary N) is 1. The highest BCUT2D eigenvalue weighted by Crippen LogP contribution is 2.29. The number of carbonyl (C=O) groups is 1. The highest BCUT2D eigenvalue weighted by atomic mass is 16.5. The molecule has 1 aromatic rings. The van der Waals surface area contributed by atoms with Gasteiger partial charge in [0.25, 0.3) is 0 Å². The molecule has 0 saturated heterocycles. The van der Waals surface area contributed by atoms with E-state index in [1.54, 1.807) is 0 Å². The molecule has 2 atom stereocenters. The third kappa shape index (κ3) is 3.57. The van der Waals surface area contributed by atoms with E-state index >= 15 is 0 Å². The van der Waals surface area contributed by atoms with Gasteiger partial charge in [-0.15, -0.1) is 0 Å². The summed E-state index contributed by atoms with van der Waals surface area (Å²) >= 11 is 0. The standard InChI is InChI=1S/C16H23NO2/c1-3-19-16(18)12(2)11-17-15-10-6-8-13-7-4-5-9-14(13)15/h4-5,7,9,12,15,17H,3,6,8,10-11H2,1-2H3. The van der Waals surface area contributed by atoms with Gasteiger partial charge in [-0.2, -0.15) is 0 Å². The predicted octanol–water partition coefficient (Wildman–Crippen LogP) is 2.85. The average Bonchev–Trinajstić information content (AvgIpc) is 2.45. The number of ether oxygens (including phenoxy) is 1. The molecule has 3 heteroatoms. The van der Waals surface area contributed by atoms with Crippen molar-refractivity contribution in [1.29, 1.82) is 0 Å². The number of esters is 1. The van der Waals surface area contributed by atoms with Gasteiger partial charge in [0.15, 0.2) is 0 Å². The van der Waals surface area contributed by atoms with Gasteiger partial charge in [-0.3, -0.25) is 4.79 Å². The van der Waals surface area contributed by atoms with Crippen molar-refractivity contribution in [2.75, 3.05) is 13.2 Å². The van der Waals surface area contributed by atoms with E-state index in [1.165, 1.54) is 24.0 Å². The minimum absolute atomic E-state index is 0.0889. The predicted molar refractivity (Wildman–Crippen MR) is 75.9 cm³/mol. The van der Waals surface area contributed by atoms with Gasteiger partial charge in [0.2, 0.25) is 0 Å². The molecule has 0 fully saturated rings. The highest BCUT2D eigenvalue weighted by molar-refractivity contribution is 5.72. The molecule has 104 valence electrons. The van der Waals surface area contributed by atoms with Gasteiger partial charge in [-0.25, -0.2) is 0 Å². The lowest BCUT2D eigenvalue weighted by molar-refractivity contribution is -0.147. The van der Waals surface area contributed by atoms with E-state index in [2.05, 4.69) is 29.6 Å². The maximum Gasteiger partial charge on any atom is 0.309 e. The van der Waals surface area contributed by atoms with E-state index in [0.717, 1.165) is 6.42 Å². The molecular formula is C16H23NO2. The zero-order valence-electron chi connectivity index (χ0n) is 11.8. The fraction of sp³-hybridized carbons (Fsp3) is 0.562. The Morgan fingerprint density at radius 3 is 3.05 bits per heavy atom. The van der Waals surface area contributed by atoms with Crippen LogP contribution in [-0.4, -0.2) is 19.1 Å². The lowest BCUT2D eigenvalue weighted by Crippen LogP contribution is -2.32. The van der Waals surface area contributed by atoms with Crippen molar-refractivity contribution >= 4 is 5.97 Å². The summed E-state index contributed by atoms with van der Waals surface area (Å²) in [5, 5.41) is 3.52. The van der Waals surface area contributed by atoms with Crippen molar-refractivity contribution in [2.24, 2.45) is 5.92 Å². The first-order valence-corrected chi connectivity index (χ1v) is 7.20. The second-order valence-electron chi connectivity index (χ2n) is 5.20. The first kappa shape index (κ1) is 14.1. The Kier molecular flexibility index (Phi) is 4.97. The summed E-state index contributed by atoms with van der Waals surface area (Å²) in [7, 11) is 0. The van der Waals surface area contributed by atoms with Gasteiger partial charge < -0.3 is 10.1 Å². The van der Waals surface area contributed by atoms with E-state index in [4.69, 9.17) is 4.74 Å². The second kappa shape index (κ2) is 6.71. The largest absolute Gasteiger partial charge is 0.466 e. The topological polar surface area (TPSA) is 38.3 Å². The fourth-order valence-electron chi connectivity index (χ4n) is 2.65. The fourth-order valence-corrected chi connectivity index (χ4v) is 2.65. The summed E-state index contributed by atoms with van der Waals surface area (Å²) in [5.41, 5.74) is 2.83. The van der Waals surface area contributed by atoms with Crippen LogP contribution in [0.5, 0.6) is 0 Å². The Bertz CT molecular complexity index is 431. The normalized spacial score (nSPS) is 19.6. The first-order chi connectivity index (χ1) is 9.22. The van der Waals surface area contributed by atoms with Crippen molar-refractivity contribution in [3.8, 4) is 0 Å². The van der Waals surface area contributed by atoms with Gasteiger partial charge in [0, 0.05) is 12.6 Å². The molecule has 0 aliphatic heterocycles. The Hall–Kier alpha value is -1.35. The van der Waals surface area contributed by atoms with E-state index in [0.29, 0.717) is 19.2 Å². The lowest BCUT2D eigenvalue weighted by Gasteiger charge is -2.27. The van der Waals surface area contributed by atoms with Crippen LogP contribution in [0.15, 0.2) is 24.3 Å². The Morgan fingerprint density at radius 1 is 1.47 bits per heavy atom. The van der Waals surface area contributed by atoms with Crippen molar-refractivity contribution < 1.29 is 9.53 Å². The van der Waals surface area contributed by atoms with Crippen LogP contribution in [0.4, 0.5) is 0 Å². The monoisotopic (exact) mass is 261 g/mol. The molecule has 0 amide bonds. The number of rotatable bonds is 5. The van der Waals surface area contributed by atoms with Gasteiger partial charge in [-0.1, -0.05) is 31.2 Å². The molecule has 1 aromatic carbocycles. The molecule has 2 rings (SSSR count). The Morgan fingerprint density at radius 2 is 2.26 bits per heavy atom. The molecule has 1 N–H and O–H groups in total. The summed E-state index contributed by atoms with van der Waals surface area (Å²) < 4.78 is 5.03. The molecule has 0 spiro atoms. The van der Waals surface area contributed by atoms with Crippen LogP contribution in [0.3, 0.4) is 0 Å². The Labute approximate surface area is 115 Å². The quantitative estimate of drug-likeness (QED) is 0.828. The number of hydrogen-bond acceptors (Lipinski definition) is 3. The maximum atomic E-state index is 11.6. The van der Waals surface area contributed by atoms with Crippen LogP contribution in [-0.2, 0) is 16.0 Å². The van der Waals surface area contributed by atoms with E-state index in [9.17, 15) is 4.79 Å². The molecule has 0 saturated carbocycles. The van der Waals surface area contributed by atoms with Crippen LogP contribution in [0.25, 0.3) is 0 Å². The van der Waals surface area contributed by atoms with Crippen molar-refractivity contribution in [1.82, 2.24) is 5.32 Å². The maximum absolute atomic E-state index is 11.6. The second-order valence-corrected chi connectivity index (χ2v) is 5.20. The molecule has 2 unspecified atom stereocenters. The minimum atomic E-state index is -0.112. The van der Waals surface area contributed by atoms with Crippen molar-refractivity contribution in [2.45, 2.75) is 39.2 Å². The van der Waals surface area contributed by atoms with Gasteiger partial charge in [0.1, 0.15) is 0 Å². The molecule has 3 nitrogen and oxygen atoms in total. The summed E-state index contributed by atoms with van der Waals surface area (Å²) in [6.45, 7) is 4.89. The van der Waals surface area contributed by atoms with E-state index in [1.807, 2.05) is 13.8 Å². The van der Waals surface area contributed by atoms with Gasteiger partial charge in [0.05, 0.1) is 12.5 Å². The number of carbonyl (C=O) groups excluding carboxylic acids is 1. The van der Waals surface area contributed by atoms with Crippen molar-refractivity contribution in [3.63, 3.8) is 0 Å². The lowest BCUT2D eigenvalue weighted by atomic mass is 9.87. The number of benzene rings is 1. The van der Waals surface area contributed by atoms with E-state index < -0.39 is 0 Å². The number of aryl methyl sites for hydroxylation is 1. The zero-order chi connectivity index (χ0) is 13.7. The molecule has 0 radical (unpaired) electrons. The SMILES string of the molecule is CCOC(=O)C(C)CNC1CCCc2ccccc21. The number of fused-ring (bicyclic) bond motifs is 1. The average molecular weight is 261 g/mol. The van der Waals surface area contributed by atoms with Gasteiger partial charge in [-0.05, 0) is 37.3 Å². The third-order valence-electron chi connectivity index (χ3n) is 3.73. The molecule has 0 aromatic heterocycles. The van der Waals surface area contributed by atoms with Gasteiger partial charge >= 0.3 is 5.97 Å². The minimum Gasteiger partial charge on any atom is -0.466 e. The van der Waals surface area contributed by atoms with Crippen LogP contribution in [0.2, 0.25) is 0 Å². The molecule has 1 aliphatic rings. The summed E-state index contributed by atoms with van der Waals surface area (Å²) in [6, 6.07) is 8.97. The molecule has 0 heterocycles. The smallest absolute Gasteiger partial charge is 0.309 e. The molecule has 1 aliphatic carbocycles.